The van der Waals surface area contributed by atoms with Crippen LogP contribution in [0.25, 0.3) is 21.3 Å². The highest BCUT2D eigenvalue weighted by Crippen LogP contribution is 2.40. The molecular weight excluding hydrogens is 450 g/mol. The van der Waals surface area contributed by atoms with E-state index in [1.165, 1.54) is 35.8 Å². The van der Waals surface area contributed by atoms with Crippen molar-refractivity contribution >= 4 is 28.1 Å². The number of thiophene rings is 1. The van der Waals surface area contributed by atoms with Crippen LogP contribution in [0.4, 0.5) is 0 Å². The fourth-order valence-corrected chi connectivity index (χ4v) is 5.67. The van der Waals surface area contributed by atoms with Gasteiger partial charge in [-0.05, 0) is 48.6 Å². The van der Waals surface area contributed by atoms with Gasteiger partial charge in [0.2, 0.25) is 0 Å². The van der Waals surface area contributed by atoms with E-state index in [-0.39, 0.29) is 18.0 Å². The molecule has 0 spiro atoms. The Labute approximate surface area is 201 Å². The molecule has 0 unspecified atom stereocenters. The third-order valence-electron chi connectivity index (χ3n) is 6.21. The van der Waals surface area contributed by atoms with Crippen LogP contribution in [-0.2, 0) is 19.4 Å². The van der Waals surface area contributed by atoms with Gasteiger partial charge < -0.3 is 19.4 Å². The lowest BCUT2D eigenvalue weighted by Gasteiger charge is -2.19. The number of H-pyrrole nitrogens is 1. The minimum Gasteiger partial charge on any atom is -0.493 e. The van der Waals surface area contributed by atoms with Gasteiger partial charge in [0.15, 0.2) is 11.5 Å². The number of hydrogen-bond acceptors (Lipinski definition) is 6. The molecule has 0 saturated carbocycles. The minimum absolute atomic E-state index is 0.0607. The van der Waals surface area contributed by atoms with E-state index >= 15 is 0 Å². The van der Waals surface area contributed by atoms with E-state index < -0.39 is 0 Å². The van der Waals surface area contributed by atoms with Gasteiger partial charge in [0, 0.05) is 17.5 Å². The Morgan fingerprint density at radius 3 is 2.59 bits per heavy atom. The van der Waals surface area contributed by atoms with Crippen LogP contribution in [0.15, 0.2) is 47.3 Å². The summed E-state index contributed by atoms with van der Waals surface area (Å²) in [5, 5.41) is 0.403. The minimum atomic E-state index is -0.285. The number of methoxy groups -OCH3 is 2. The zero-order chi connectivity index (χ0) is 23.8. The fourth-order valence-electron chi connectivity index (χ4n) is 4.43. The third-order valence-corrected chi connectivity index (χ3v) is 7.41. The molecule has 34 heavy (non-hydrogen) atoms. The van der Waals surface area contributed by atoms with Crippen LogP contribution >= 0.6 is 11.3 Å². The average Bonchev–Trinajstić information content (AvgIpc) is 3.31. The van der Waals surface area contributed by atoms with Crippen molar-refractivity contribution in [1.82, 2.24) is 14.9 Å². The molecule has 0 aliphatic heterocycles. The lowest BCUT2D eigenvalue weighted by molar-refractivity contribution is 0.0753. The molecule has 4 aromatic rings. The molecule has 1 aliphatic rings. The number of nitrogens with zero attached hydrogens (tertiary/aromatic N) is 2. The smallest absolute Gasteiger partial charge is 0.264 e. The number of fused-ring (bicyclic) bond motifs is 4. The Bertz CT molecular complexity index is 1460. The molecule has 174 valence electrons. The molecule has 0 radical (unpaired) electrons. The Morgan fingerprint density at radius 2 is 1.82 bits per heavy atom. The summed E-state index contributed by atoms with van der Waals surface area (Å²) in [7, 11) is 3.06. The molecule has 2 aromatic heterocycles. The van der Waals surface area contributed by atoms with Gasteiger partial charge in [-0.25, -0.2) is 4.98 Å². The lowest BCUT2D eigenvalue weighted by atomic mass is 9.91. The van der Waals surface area contributed by atoms with Crippen LogP contribution in [0, 0.1) is 0 Å². The van der Waals surface area contributed by atoms with E-state index in [4.69, 9.17) is 9.47 Å². The Kier molecular flexibility index (Phi) is 5.83. The Hall–Kier alpha value is -3.65. The number of aromatic nitrogens is 2. The van der Waals surface area contributed by atoms with Crippen molar-refractivity contribution < 1.29 is 14.3 Å². The molecule has 5 rings (SSSR count). The van der Waals surface area contributed by atoms with E-state index in [0.29, 0.717) is 39.6 Å². The highest BCUT2D eigenvalue weighted by Gasteiger charge is 2.24. The monoisotopic (exact) mass is 475 g/mol. The van der Waals surface area contributed by atoms with Crippen LogP contribution in [0.3, 0.4) is 0 Å². The number of carbonyl (C=O) groups excluding carboxylic acids is 1. The van der Waals surface area contributed by atoms with E-state index in [0.717, 1.165) is 12.8 Å². The van der Waals surface area contributed by atoms with Gasteiger partial charge in [-0.15, -0.1) is 11.3 Å². The highest BCUT2D eigenvalue weighted by atomic mass is 32.1. The van der Waals surface area contributed by atoms with Gasteiger partial charge in [0.1, 0.15) is 5.82 Å². The second-order valence-corrected chi connectivity index (χ2v) is 9.23. The van der Waals surface area contributed by atoms with Crippen LogP contribution in [-0.4, -0.2) is 41.5 Å². The molecule has 0 fully saturated rings. The molecule has 0 bridgehead atoms. The van der Waals surface area contributed by atoms with Gasteiger partial charge in [-0.1, -0.05) is 24.3 Å². The first-order valence-electron chi connectivity index (χ1n) is 11.2. The number of hydrogen-bond donors (Lipinski definition) is 1. The first-order chi connectivity index (χ1) is 16.5. The van der Waals surface area contributed by atoms with Crippen molar-refractivity contribution in [1.29, 1.82) is 0 Å². The molecule has 8 heteroatoms. The number of carbonyl (C=O) groups is 1. The molecule has 1 N–H and O–H groups in total. The largest absolute Gasteiger partial charge is 0.493 e. The van der Waals surface area contributed by atoms with Crippen molar-refractivity contribution in [2.45, 2.75) is 26.3 Å². The van der Waals surface area contributed by atoms with E-state index in [1.54, 1.807) is 28.4 Å². The Morgan fingerprint density at radius 1 is 1.09 bits per heavy atom. The predicted molar refractivity (Wildman–Crippen MR) is 133 cm³/mol. The van der Waals surface area contributed by atoms with Gasteiger partial charge in [0.25, 0.3) is 11.5 Å². The topological polar surface area (TPSA) is 84.5 Å². The summed E-state index contributed by atoms with van der Waals surface area (Å²) in [5.74, 6) is 1.32. The SMILES string of the molecule is CCN(Cc1nc2cc(OC)c(OC)cc2c(=O)[nH]1)C(=O)c1cc2c(s1)-c1ccccc1CC2. The van der Waals surface area contributed by atoms with E-state index in [1.807, 2.05) is 19.1 Å². The van der Waals surface area contributed by atoms with Crippen LogP contribution < -0.4 is 15.0 Å². The maximum Gasteiger partial charge on any atom is 0.264 e. The number of nitrogens with one attached hydrogen (secondary N) is 1. The first-order valence-corrected chi connectivity index (χ1v) is 12.0. The summed E-state index contributed by atoms with van der Waals surface area (Å²) in [6.45, 7) is 2.62. The average molecular weight is 476 g/mol. The summed E-state index contributed by atoms with van der Waals surface area (Å²) in [4.78, 5) is 37.2. The summed E-state index contributed by atoms with van der Waals surface area (Å²) in [6, 6.07) is 13.7. The second kappa shape index (κ2) is 8.95. The molecule has 7 nitrogen and oxygen atoms in total. The zero-order valence-corrected chi connectivity index (χ0v) is 20.1. The predicted octanol–water partition coefficient (Wildman–Crippen LogP) is 4.43. The number of ether oxygens (including phenoxy) is 2. The maximum atomic E-state index is 13.4. The van der Waals surface area contributed by atoms with Crippen molar-refractivity contribution in [2.24, 2.45) is 0 Å². The molecule has 2 heterocycles. The molecule has 2 aromatic carbocycles. The van der Waals surface area contributed by atoms with Crippen molar-refractivity contribution in [3.05, 3.63) is 74.6 Å². The quantitative estimate of drug-likeness (QED) is 0.446. The second-order valence-electron chi connectivity index (χ2n) is 8.18. The summed E-state index contributed by atoms with van der Waals surface area (Å²) in [6.07, 6.45) is 1.93. The lowest BCUT2D eigenvalue weighted by Crippen LogP contribution is -2.31. The van der Waals surface area contributed by atoms with E-state index in [2.05, 4.69) is 28.2 Å². The summed E-state index contributed by atoms with van der Waals surface area (Å²) in [5.41, 5.74) is 3.98. The Balaban J connectivity index is 1.45. The van der Waals surface area contributed by atoms with Crippen LogP contribution in [0.5, 0.6) is 11.5 Å². The number of aromatic amines is 1. The van der Waals surface area contributed by atoms with Gasteiger partial charge in [-0.3, -0.25) is 9.59 Å². The van der Waals surface area contributed by atoms with Gasteiger partial charge in [-0.2, -0.15) is 0 Å². The standard InChI is InChI=1S/C26H25N3O4S/c1-4-29(14-23-27-19-13-21(33-3)20(32-2)12-18(19)25(30)28-23)26(31)22-11-16-10-9-15-7-5-6-8-17(15)24(16)34-22/h5-8,11-13H,4,9-10,14H2,1-3H3,(H,27,28,30). The molecule has 1 aliphatic carbocycles. The molecule has 0 saturated heterocycles. The molecular formula is C26H25N3O4S. The number of benzene rings is 2. The third kappa shape index (κ3) is 3.84. The number of aryl methyl sites for hydroxylation is 2. The van der Waals surface area contributed by atoms with Gasteiger partial charge in [0.05, 0.1) is 36.5 Å². The fraction of sp³-hybridized carbons (Fsp3) is 0.269. The normalized spacial score (nSPS) is 12.2. The van der Waals surface area contributed by atoms with Crippen molar-refractivity contribution in [3.63, 3.8) is 0 Å². The number of rotatable bonds is 6. The maximum absolute atomic E-state index is 13.4. The van der Waals surface area contributed by atoms with Crippen LogP contribution in [0.2, 0.25) is 0 Å². The van der Waals surface area contributed by atoms with Crippen molar-refractivity contribution in [2.75, 3.05) is 20.8 Å². The number of amides is 1. The molecule has 1 amide bonds. The molecule has 0 atom stereocenters. The summed E-state index contributed by atoms with van der Waals surface area (Å²) >= 11 is 1.54. The summed E-state index contributed by atoms with van der Waals surface area (Å²) < 4.78 is 10.6. The van der Waals surface area contributed by atoms with E-state index in [9.17, 15) is 9.59 Å². The zero-order valence-electron chi connectivity index (χ0n) is 19.3. The highest BCUT2D eigenvalue weighted by molar-refractivity contribution is 7.17. The first kappa shape index (κ1) is 22.2. The van der Waals surface area contributed by atoms with Crippen LogP contribution in [0.1, 0.15) is 33.5 Å². The van der Waals surface area contributed by atoms with Crippen molar-refractivity contribution in [3.8, 4) is 21.9 Å². The van der Waals surface area contributed by atoms with Gasteiger partial charge >= 0.3 is 0 Å².